The standard InChI is InChI=1S/C19H23FN2O2/c1-22(18(11-13-23)15-6-3-2-4-7-15)12-10-19(24)21-17-9-5-8-16(20)14-17/h2-9,14,18,23H,10-13H2,1H3,(H,21,24). The molecule has 0 aromatic heterocycles. The summed E-state index contributed by atoms with van der Waals surface area (Å²) in [7, 11) is 1.93. The third kappa shape index (κ3) is 5.44. The van der Waals surface area contributed by atoms with Gasteiger partial charge in [-0.25, -0.2) is 4.39 Å². The predicted octanol–water partition coefficient (Wildman–Crippen LogP) is 3.21. The van der Waals surface area contributed by atoms with Crippen molar-refractivity contribution in [3.05, 3.63) is 66.0 Å². The van der Waals surface area contributed by atoms with Crippen LogP contribution in [0.15, 0.2) is 54.6 Å². The third-order valence-electron chi connectivity index (χ3n) is 3.92. The fourth-order valence-electron chi connectivity index (χ4n) is 2.66. The molecule has 24 heavy (non-hydrogen) atoms. The minimum absolute atomic E-state index is 0.0539. The van der Waals surface area contributed by atoms with E-state index in [1.807, 2.05) is 37.4 Å². The molecular formula is C19H23FN2O2. The molecule has 2 N–H and O–H groups in total. The summed E-state index contributed by atoms with van der Waals surface area (Å²) in [5.74, 6) is -0.541. The van der Waals surface area contributed by atoms with Gasteiger partial charge in [-0.05, 0) is 37.2 Å². The first-order valence-corrected chi connectivity index (χ1v) is 8.01. The first-order chi connectivity index (χ1) is 11.6. The van der Waals surface area contributed by atoms with Crippen LogP contribution in [0.5, 0.6) is 0 Å². The quantitative estimate of drug-likeness (QED) is 0.781. The van der Waals surface area contributed by atoms with Crippen molar-refractivity contribution >= 4 is 11.6 Å². The molecule has 128 valence electrons. The number of anilines is 1. The Bertz CT molecular complexity index is 649. The van der Waals surface area contributed by atoms with Crippen molar-refractivity contribution in [1.29, 1.82) is 0 Å². The number of halogens is 1. The first-order valence-electron chi connectivity index (χ1n) is 8.01. The number of aliphatic hydroxyl groups excluding tert-OH is 1. The number of amides is 1. The second-order valence-corrected chi connectivity index (χ2v) is 5.73. The molecule has 0 saturated heterocycles. The highest BCUT2D eigenvalue weighted by atomic mass is 19.1. The van der Waals surface area contributed by atoms with Crippen LogP contribution >= 0.6 is 0 Å². The van der Waals surface area contributed by atoms with Crippen LogP contribution in [0.3, 0.4) is 0 Å². The van der Waals surface area contributed by atoms with Crippen molar-refractivity contribution in [3.63, 3.8) is 0 Å². The van der Waals surface area contributed by atoms with E-state index in [1.54, 1.807) is 12.1 Å². The highest BCUT2D eigenvalue weighted by molar-refractivity contribution is 5.90. The van der Waals surface area contributed by atoms with E-state index in [-0.39, 0.29) is 24.4 Å². The predicted molar refractivity (Wildman–Crippen MR) is 93.2 cm³/mol. The summed E-state index contributed by atoms with van der Waals surface area (Å²) in [6.07, 6.45) is 0.897. The number of nitrogens with zero attached hydrogens (tertiary/aromatic N) is 1. The molecule has 5 heteroatoms. The van der Waals surface area contributed by atoms with Gasteiger partial charge in [0.05, 0.1) is 0 Å². The van der Waals surface area contributed by atoms with E-state index in [0.717, 1.165) is 5.56 Å². The van der Waals surface area contributed by atoms with Crippen molar-refractivity contribution in [2.45, 2.75) is 18.9 Å². The zero-order valence-corrected chi connectivity index (χ0v) is 13.8. The van der Waals surface area contributed by atoms with Crippen molar-refractivity contribution < 1.29 is 14.3 Å². The molecule has 0 spiro atoms. The average molecular weight is 330 g/mol. The van der Waals surface area contributed by atoms with Gasteiger partial charge in [-0.15, -0.1) is 0 Å². The maximum Gasteiger partial charge on any atom is 0.225 e. The third-order valence-corrected chi connectivity index (χ3v) is 3.92. The summed E-state index contributed by atoms with van der Waals surface area (Å²) in [4.78, 5) is 14.1. The van der Waals surface area contributed by atoms with Crippen molar-refractivity contribution in [2.75, 3.05) is 25.5 Å². The summed E-state index contributed by atoms with van der Waals surface area (Å²) in [5, 5.41) is 12.0. The molecule has 1 amide bonds. The number of hydrogen-bond acceptors (Lipinski definition) is 3. The van der Waals surface area contributed by atoms with E-state index in [1.165, 1.54) is 12.1 Å². The zero-order valence-electron chi connectivity index (χ0n) is 13.8. The van der Waals surface area contributed by atoms with E-state index in [0.29, 0.717) is 25.1 Å². The molecule has 4 nitrogen and oxygen atoms in total. The van der Waals surface area contributed by atoms with Gasteiger partial charge < -0.3 is 10.4 Å². The van der Waals surface area contributed by atoms with Crippen molar-refractivity contribution in [2.24, 2.45) is 0 Å². The second-order valence-electron chi connectivity index (χ2n) is 5.73. The number of carbonyl (C=O) groups excluding carboxylic acids is 1. The van der Waals surface area contributed by atoms with Crippen LogP contribution in [0, 0.1) is 5.82 Å². The summed E-state index contributed by atoms with van der Waals surface area (Å²) in [6, 6.07) is 15.8. The number of rotatable bonds is 8. The largest absolute Gasteiger partial charge is 0.396 e. The molecule has 0 fully saturated rings. The lowest BCUT2D eigenvalue weighted by Crippen LogP contribution is -2.29. The molecule has 1 atom stereocenters. The smallest absolute Gasteiger partial charge is 0.225 e. The van der Waals surface area contributed by atoms with Crippen LogP contribution in [-0.4, -0.2) is 36.1 Å². The lowest BCUT2D eigenvalue weighted by Gasteiger charge is -2.28. The lowest BCUT2D eigenvalue weighted by atomic mass is 10.0. The Labute approximate surface area is 141 Å². The molecule has 0 radical (unpaired) electrons. The molecule has 1 unspecified atom stereocenters. The van der Waals surface area contributed by atoms with Gasteiger partial charge in [0, 0.05) is 31.3 Å². The van der Waals surface area contributed by atoms with Crippen LogP contribution in [0.4, 0.5) is 10.1 Å². The highest BCUT2D eigenvalue weighted by Gasteiger charge is 2.17. The zero-order chi connectivity index (χ0) is 17.4. The fourth-order valence-corrected chi connectivity index (χ4v) is 2.66. The Morgan fingerprint density at radius 3 is 2.62 bits per heavy atom. The van der Waals surface area contributed by atoms with Gasteiger partial charge in [-0.1, -0.05) is 36.4 Å². The molecule has 0 saturated carbocycles. The second kappa shape index (κ2) is 9.15. The summed E-state index contributed by atoms with van der Waals surface area (Å²) in [5.41, 5.74) is 1.57. The fraction of sp³-hybridized carbons (Fsp3) is 0.316. The average Bonchev–Trinajstić information content (AvgIpc) is 2.58. The molecule has 2 rings (SSSR count). The Hall–Kier alpha value is -2.24. The van der Waals surface area contributed by atoms with Crippen LogP contribution in [0.1, 0.15) is 24.4 Å². The minimum atomic E-state index is -0.378. The van der Waals surface area contributed by atoms with Crippen LogP contribution < -0.4 is 5.32 Å². The van der Waals surface area contributed by atoms with Crippen LogP contribution in [0.2, 0.25) is 0 Å². The number of hydrogen-bond donors (Lipinski definition) is 2. The Morgan fingerprint density at radius 2 is 1.96 bits per heavy atom. The van der Waals surface area contributed by atoms with Gasteiger partial charge in [0.25, 0.3) is 0 Å². The normalized spacial score (nSPS) is 12.2. The Kier molecular flexibility index (Phi) is 6.90. The van der Waals surface area contributed by atoms with Gasteiger partial charge in [-0.3, -0.25) is 9.69 Å². The molecule has 2 aromatic carbocycles. The molecule has 0 aliphatic carbocycles. The summed E-state index contributed by atoms with van der Waals surface area (Å²) in [6.45, 7) is 0.625. The monoisotopic (exact) mass is 330 g/mol. The van der Waals surface area contributed by atoms with E-state index >= 15 is 0 Å². The van der Waals surface area contributed by atoms with Gasteiger partial charge in [-0.2, -0.15) is 0 Å². The highest BCUT2D eigenvalue weighted by Crippen LogP contribution is 2.22. The van der Waals surface area contributed by atoms with E-state index < -0.39 is 0 Å². The Morgan fingerprint density at radius 1 is 1.21 bits per heavy atom. The molecule has 0 heterocycles. The van der Waals surface area contributed by atoms with E-state index in [4.69, 9.17) is 0 Å². The number of carbonyl (C=O) groups is 1. The van der Waals surface area contributed by atoms with Crippen molar-refractivity contribution in [3.8, 4) is 0 Å². The number of aliphatic hydroxyl groups is 1. The van der Waals surface area contributed by atoms with Crippen molar-refractivity contribution in [1.82, 2.24) is 4.90 Å². The topological polar surface area (TPSA) is 52.6 Å². The molecular weight excluding hydrogens is 307 g/mol. The molecule has 2 aromatic rings. The van der Waals surface area contributed by atoms with Crippen LogP contribution in [-0.2, 0) is 4.79 Å². The number of benzene rings is 2. The van der Waals surface area contributed by atoms with Gasteiger partial charge in [0.1, 0.15) is 5.82 Å². The molecule has 0 aliphatic rings. The Balaban J connectivity index is 1.90. The first kappa shape index (κ1) is 18.1. The van der Waals surface area contributed by atoms with Gasteiger partial charge in [0.2, 0.25) is 5.91 Å². The molecule has 0 bridgehead atoms. The van der Waals surface area contributed by atoms with Gasteiger partial charge in [0.15, 0.2) is 0 Å². The van der Waals surface area contributed by atoms with Crippen LogP contribution in [0.25, 0.3) is 0 Å². The maximum atomic E-state index is 13.1. The SMILES string of the molecule is CN(CCC(=O)Nc1cccc(F)c1)C(CCO)c1ccccc1. The number of nitrogens with one attached hydrogen (secondary N) is 1. The maximum absolute atomic E-state index is 13.1. The minimum Gasteiger partial charge on any atom is -0.396 e. The summed E-state index contributed by atoms with van der Waals surface area (Å²) >= 11 is 0. The summed E-state index contributed by atoms with van der Waals surface area (Å²) < 4.78 is 13.1. The van der Waals surface area contributed by atoms with Gasteiger partial charge >= 0.3 is 0 Å². The van der Waals surface area contributed by atoms with E-state index in [9.17, 15) is 14.3 Å². The van der Waals surface area contributed by atoms with E-state index in [2.05, 4.69) is 10.2 Å². The molecule has 0 aliphatic heterocycles. The lowest BCUT2D eigenvalue weighted by molar-refractivity contribution is -0.116.